The fourth-order valence-corrected chi connectivity index (χ4v) is 1.71. The minimum atomic E-state index is 0.882. The summed E-state index contributed by atoms with van der Waals surface area (Å²) in [5, 5.41) is 3.30. The molecule has 0 spiro atoms. The van der Waals surface area contributed by atoms with E-state index in [9.17, 15) is 0 Å². The number of hydrogen-bond donors (Lipinski definition) is 1. The molecule has 84 valence electrons. The lowest BCUT2D eigenvalue weighted by Crippen LogP contribution is -2.14. The highest BCUT2D eigenvalue weighted by Gasteiger charge is 2.23. The standard InChI is InChI=1S/C12H20N2O/c1-2-13-7-3-4-12-14-9-11(15-12)8-10-5-6-10/h9-10,13H,2-8H2,1H3. The molecule has 1 aromatic rings. The molecule has 0 aromatic carbocycles. The van der Waals surface area contributed by atoms with Gasteiger partial charge >= 0.3 is 0 Å². The molecular formula is C12H20N2O. The van der Waals surface area contributed by atoms with Gasteiger partial charge in [-0.3, -0.25) is 0 Å². The Hall–Kier alpha value is -0.830. The summed E-state index contributed by atoms with van der Waals surface area (Å²) in [6.45, 7) is 4.22. The van der Waals surface area contributed by atoms with Gasteiger partial charge in [0.15, 0.2) is 5.89 Å². The molecule has 0 bridgehead atoms. The lowest BCUT2D eigenvalue weighted by Gasteiger charge is -1.98. The maximum absolute atomic E-state index is 5.68. The van der Waals surface area contributed by atoms with Crippen molar-refractivity contribution < 1.29 is 4.42 Å². The Kier molecular flexibility index (Phi) is 3.78. The molecule has 0 amide bonds. The molecule has 1 N–H and O–H groups in total. The Morgan fingerprint density at radius 1 is 1.53 bits per heavy atom. The summed E-state index contributed by atoms with van der Waals surface area (Å²) in [6.07, 6.45) is 7.81. The maximum atomic E-state index is 5.68. The predicted molar refractivity (Wildman–Crippen MR) is 59.8 cm³/mol. The van der Waals surface area contributed by atoms with Gasteiger partial charge in [-0.15, -0.1) is 0 Å². The van der Waals surface area contributed by atoms with Crippen molar-refractivity contribution in [3.8, 4) is 0 Å². The number of aryl methyl sites for hydroxylation is 1. The quantitative estimate of drug-likeness (QED) is 0.698. The van der Waals surface area contributed by atoms with E-state index in [1.807, 2.05) is 6.20 Å². The fraction of sp³-hybridized carbons (Fsp3) is 0.750. The minimum absolute atomic E-state index is 0.882. The minimum Gasteiger partial charge on any atom is -0.446 e. The Bertz CT molecular complexity index is 292. The van der Waals surface area contributed by atoms with E-state index >= 15 is 0 Å². The first-order valence-electron chi connectivity index (χ1n) is 6.02. The van der Waals surface area contributed by atoms with Gasteiger partial charge in [-0.05, 0) is 38.3 Å². The van der Waals surface area contributed by atoms with E-state index in [4.69, 9.17) is 4.42 Å². The van der Waals surface area contributed by atoms with Crippen molar-refractivity contribution in [1.29, 1.82) is 0 Å². The van der Waals surface area contributed by atoms with Crippen molar-refractivity contribution in [2.24, 2.45) is 5.92 Å². The van der Waals surface area contributed by atoms with Crippen molar-refractivity contribution >= 4 is 0 Å². The second-order valence-electron chi connectivity index (χ2n) is 4.32. The van der Waals surface area contributed by atoms with Crippen LogP contribution in [0.5, 0.6) is 0 Å². The zero-order valence-corrected chi connectivity index (χ0v) is 9.46. The summed E-state index contributed by atoms with van der Waals surface area (Å²) >= 11 is 0. The third-order valence-electron chi connectivity index (χ3n) is 2.78. The molecule has 1 heterocycles. The van der Waals surface area contributed by atoms with E-state index in [0.717, 1.165) is 49.9 Å². The molecule has 1 aliphatic rings. The Morgan fingerprint density at radius 2 is 2.40 bits per heavy atom. The Morgan fingerprint density at radius 3 is 3.13 bits per heavy atom. The van der Waals surface area contributed by atoms with Crippen LogP contribution in [0.2, 0.25) is 0 Å². The highest BCUT2D eigenvalue weighted by molar-refractivity contribution is 4.98. The fourth-order valence-electron chi connectivity index (χ4n) is 1.71. The molecule has 1 fully saturated rings. The van der Waals surface area contributed by atoms with Crippen LogP contribution in [-0.4, -0.2) is 18.1 Å². The molecule has 0 saturated heterocycles. The van der Waals surface area contributed by atoms with Crippen LogP contribution in [0.4, 0.5) is 0 Å². The zero-order valence-electron chi connectivity index (χ0n) is 9.46. The molecule has 1 saturated carbocycles. The molecule has 1 aliphatic carbocycles. The van der Waals surface area contributed by atoms with Crippen molar-refractivity contribution in [1.82, 2.24) is 10.3 Å². The molecular weight excluding hydrogens is 188 g/mol. The van der Waals surface area contributed by atoms with E-state index in [1.165, 1.54) is 12.8 Å². The van der Waals surface area contributed by atoms with E-state index in [0.29, 0.717) is 0 Å². The first-order valence-corrected chi connectivity index (χ1v) is 6.02. The van der Waals surface area contributed by atoms with Crippen LogP contribution in [0.1, 0.15) is 37.8 Å². The molecule has 0 unspecified atom stereocenters. The second-order valence-corrected chi connectivity index (χ2v) is 4.32. The summed E-state index contributed by atoms with van der Waals surface area (Å²) in [5.74, 6) is 2.87. The molecule has 1 aromatic heterocycles. The van der Waals surface area contributed by atoms with E-state index in [-0.39, 0.29) is 0 Å². The van der Waals surface area contributed by atoms with Gasteiger partial charge in [-0.2, -0.15) is 0 Å². The van der Waals surface area contributed by atoms with Crippen LogP contribution < -0.4 is 5.32 Å². The highest BCUT2D eigenvalue weighted by Crippen LogP contribution is 2.32. The SMILES string of the molecule is CCNCCCc1ncc(CC2CC2)o1. The van der Waals surface area contributed by atoms with E-state index in [2.05, 4.69) is 17.2 Å². The smallest absolute Gasteiger partial charge is 0.194 e. The number of oxazole rings is 1. The topological polar surface area (TPSA) is 38.1 Å². The summed E-state index contributed by atoms with van der Waals surface area (Å²) in [5.41, 5.74) is 0. The molecule has 15 heavy (non-hydrogen) atoms. The average Bonchev–Trinajstić information content (AvgIpc) is 2.93. The van der Waals surface area contributed by atoms with Crippen LogP contribution in [0.25, 0.3) is 0 Å². The third kappa shape index (κ3) is 3.67. The third-order valence-corrected chi connectivity index (χ3v) is 2.78. The summed E-state index contributed by atoms with van der Waals surface area (Å²) < 4.78 is 5.68. The number of aromatic nitrogens is 1. The van der Waals surface area contributed by atoms with Crippen LogP contribution in [0, 0.1) is 5.92 Å². The average molecular weight is 208 g/mol. The van der Waals surface area contributed by atoms with Crippen molar-refractivity contribution in [3.63, 3.8) is 0 Å². The van der Waals surface area contributed by atoms with E-state index in [1.54, 1.807) is 0 Å². The monoisotopic (exact) mass is 208 g/mol. The van der Waals surface area contributed by atoms with Gasteiger partial charge in [-0.1, -0.05) is 6.92 Å². The van der Waals surface area contributed by atoms with Gasteiger partial charge in [0.05, 0.1) is 6.20 Å². The van der Waals surface area contributed by atoms with Crippen molar-refractivity contribution in [3.05, 3.63) is 17.8 Å². The zero-order chi connectivity index (χ0) is 10.5. The molecule has 0 aliphatic heterocycles. The van der Waals surface area contributed by atoms with Gasteiger partial charge in [-0.25, -0.2) is 4.98 Å². The molecule has 0 radical (unpaired) electrons. The van der Waals surface area contributed by atoms with Gasteiger partial charge < -0.3 is 9.73 Å². The van der Waals surface area contributed by atoms with Crippen molar-refractivity contribution in [2.45, 2.75) is 39.0 Å². The summed E-state index contributed by atoms with van der Waals surface area (Å²) in [4.78, 5) is 4.30. The normalized spacial score (nSPS) is 15.8. The first-order chi connectivity index (χ1) is 7.38. The van der Waals surface area contributed by atoms with Gasteiger partial charge in [0.25, 0.3) is 0 Å². The summed E-state index contributed by atoms with van der Waals surface area (Å²) in [7, 11) is 0. The number of rotatable bonds is 7. The van der Waals surface area contributed by atoms with Crippen LogP contribution in [0.3, 0.4) is 0 Å². The molecule has 3 nitrogen and oxygen atoms in total. The van der Waals surface area contributed by atoms with Crippen molar-refractivity contribution in [2.75, 3.05) is 13.1 Å². The lowest BCUT2D eigenvalue weighted by atomic mass is 10.2. The van der Waals surface area contributed by atoms with Crippen LogP contribution in [-0.2, 0) is 12.8 Å². The number of nitrogens with zero attached hydrogens (tertiary/aromatic N) is 1. The van der Waals surface area contributed by atoms with Gasteiger partial charge in [0.1, 0.15) is 5.76 Å². The maximum Gasteiger partial charge on any atom is 0.194 e. The van der Waals surface area contributed by atoms with Gasteiger partial charge in [0, 0.05) is 12.8 Å². The van der Waals surface area contributed by atoms with Crippen LogP contribution >= 0.6 is 0 Å². The van der Waals surface area contributed by atoms with E-state index < -0.39 is 0 Å². The number of nitrogens with one attached hydrogen (secondary N) is 1. The molecule has 2 rings (SSSR count). The number of hydrogen-bond acceptors (Lipinski definition) is 3. The van der Waals surface area contributed by atoms with Crippen LogP contribution in [0.15, 0.2) is 10.6 Å². The summed E-state index contributed by atoms with van der Waals surface area (Å²) in [6, 6.07) is 0. The second kappa shape index (κ2) is 5.31. The highest BCUT2D eigenvalue weighted by atomic mass is 16.4. The molecule has 0 atom stereocenters. The molecule has 3 heteroatoms. The first kappa shape index (κ1) is 10.7. The Labute approximate surface area is 91.3 Å². The lowest BCUT2D eigenvalue weighted by molar-refractivity contribution is 0.440. The van der Waals surface area contributed by atoms with Gasteiger partial charge in [0.2, 0.25) is 0 Å². The largest absolute Gasteiger partial charge is 0.446 e. The predicted octanol–water partition coefficient (Wildman–Crippen LogP) is 2.17. The Balaban J connectivity index is 1.69.